The second-order valence-corrected chi connectivity index (χ2v) is 6.64. The van der Waals surface area contributed by atoms with Crippen molar-refractivity contribution in [3.05, 3.63) is 58.9 Å². The van der Waals surface area contributed by atoms with Gasteiger partial charge in [-0.2, -0.15) is 5.10 Å². The van der Waals surface area contributed by atoms with Crippen molar-refractivity contribution in [3.8, 4) is 5.82 Å². The number of hydrogen-bond donors (Lipinski definition) is 1. The Balaban J connectivity index is 1.40. The van der Waals surface area contributed by atoms with Gasteiger partial charge in [0.15, 0.2) is 11.5 Å². The fraction of sp³-hybridized carbons (Fsp3) is 0.368. The molecule has 3 heterocycles. The van der Waals surface area contributed by atoms with E-state index in [0.717, 1.165) is 41.4 Å². The minimum absolute atomic E-state index is 0.201. The third kappa shape index (κ3) is 3.24. The first-order chi connectivity index (χ1) is 12.6. The Kier molecular flexibility index (Phi) is 4.28. The average molecular weight is 351 g/mol. The second kappa shape index (κ2) is 6.74. The fourth-order valence-corrected chi connectivity index (χ4v) is 3.09. The Morgan fingerprint density at radius 3 is 2.92 bits per heavy atom. The van der Waals surface area contributed by atoms with Crippen LogP contribution in [-0.4, -0.2) is 32.4 Å². The fourth-order valence-electron chi connectivity index (χ4n) is 3.09. The van der Waals surface area contributed by atoms with Gasteiger partial charge in [0.2, 0.25) is 0 Å². The van der Waals surface area contributed by atoms with Gasteiger partial charge in [0.1, 0.15) is 5.76 Å². The normalized spacial score (nSPS) is 13.8. The standard InChI is InChI=1S/C19H21N5O2/c1-12-15(13(2)24(22-12)18-5-3-4-9-20-18)8-10-21-19(25)16-11-17(26-23-16)14-6-7-14/h3-5,9,11,14H,6-8,10H2,1-2H3,(H,21,25). The summed E-state index contributed by atoms with van der Waals surface area (Å²) < 4.78 is 7.07. The molecule has 1 saturated carbocycles. The molecule has 0 atom stereocenters. The molecule has 7 nitrogen and oxygen atoms in total. The molecule has 7 heteroatoms. The predicted molar refractivity (Wildman–Crippen MR) is 95.3 cm³/mol. The van der Waals surface area contributed by atoms with Gasteiger partial charge in [0, 0.05) is 30.4 Å². The molecule has 134 valence electrons. The van der Waals surface area contributed by atoms with Gasteiger partial charge < -0.3 is 9.84 Å². The maximum Gasteiger partial charge on any atom is 0.273 e. The highest BCUT2D eigenvalue weighted by Crippen LogP contribution is 2.40. The topological polar surface area (TPSA) is 85.8 Å². The van der Waals surface area contributed by atoms with Gasteiger partial charge >= 0.3 is 0 Å². The van der Waals surface area contributed by atoms with E-state index in [9.17, 15) is 4.79 Å². The number of nitrogens with zero attached hydrogens (tertiary/aromatic N) is 4. The summed E-state index contributed by atoms with van der Waals surface area (Å²) in [5.41, 5.74) is 3.45. The van der Waals surface area contributed by atoms with E-state index < -0.39 is 0 Å². The highest BCUT2D eigenvalue weighted by molar-refractivity contribution is 5.92. The molecule has 0 spiro atoms. The van der Waals surface area contributed by atoms with Crippen LogP contribution in [0.25, 0.3) is 5.82 Å². The lowest BCUT2D eigenvalue weighted by Gasteiger charge is -2.05. The molecular weight excluding hydrogens is 330 g/mol. The minimum atomic E-state index is -0.201. The van der Waals surface area contributed by atoms with Gasteiger partial charge in [-0.3, -0.25) is 4.79 Å². The molecule has 1 amide bonds. The lowest BCUT2D eigenvalue weighted by Crippen LogP contribution is -2.26. The number of aromatic nitrogens is 4. The minimum Gasteiger partial charge on any atom is -0.360 e. The van der Waals surface area contributed by atoms with Gasteiger partial charge in [-0.1, -0.05) is 11.2 Å². The van der Waals surface area contributed by atoms with Crippen molar-refractivity contribution in [2.75, 3.05) is 6.54 Å². The quantitative estimate of drug-likeness (QED) is 0.738. The van der Waals surface area contributed by atoms with Gasteiger partial charge in [-0.25, -0.2) is 9.67 Å². The Morgan fingerprint density at radius 2 is 2.19 bits per heavy atom. The van der Waals surface area contributed by atoms with E-state index in [4.69, 9.17) is 4.52 Å². The number of aryl methyl sites for hydroxylation is 1. The summed E-state index contributed by atoms with van der Waals surface area (Å²) in [6, 6.07) is 7.49. The van der Waals surface area contributed by atoms with Crippen LogP contribution >= 0.6 is 0 Å². The number of carbonyl (C=O) groups excluding carboxylic acids is 1. The van der Waals surface area contributed by atoms with Crippen LogP contribution in [0.4, 0.5) is 0 Å². The molecule has 0 bridgehead atoms. The maximum atomic E-state index is 12.2. The van der Waals surface area contributed by atoms with Crippen LogP contribution in [0.1, 0.15) is 52.0 Å². The zero-order valence-electron chi connectivity index (χ0n) is 14.9. The van der Waals surface area contributed by atoms with Crippen LogP contribution in [0.2, 0.25) is 0 Å². The Bertz CT molecular complexity index is 925. The van der Waals surface area contributed by atoms with E-state index in [1.165, 1.54) is 0 Å². The third-order valence-corrected chi connectivity index (χ3v) is 4.71. The SMILES string of the molecule is Cc1nn(-c2ccccn2)c(C)c1CCNC(=O)c1cc(C2CC2)on1. The van der Waals surface area contributed by atoms with Gasteiger partial charge in [-0.15, -0.1) is 0 Å². The first kappa shape index (κ1) is 16.5. The van der Waals surface area contributed by atoms with Crippen molar-refractivity contribution >= 4 is 5.91 Å². The Labute approximate surface area is 151 Å². The van der Waals surface area contributed by atoms with E-state index >= 15 is 0 Å². The molecule has 0 unspecified atom stereocenters. The summed E-state index contributed by atoms with van der Waals surface area (Å²) in [4.78, 5) is 16.6. The molecule has 1 aliphatic rings. The number of pyridine rings is 1. The van der Waals surface area contributed by atoms with E-state index in [-0.39, 0.29) is 5.91 Å². The predicted octanol–water partition coefficient (Wildman–Crippen LogP) is 2.72. The number of amides is 1. The second-order valence-electron chi connectivity index (χ2n) is 6.64. The number of nitrogens with one attached hydrogen (secondary N) is 1. The first-order valence-electron chi connectivity index (χ1n) is 8.85. The van der Waals surface area contributed by atoms with Crippen molar-refractivity contribution in [1.82, 2.24) is 25.2 Å². The van der Waals surface area contributed by atoms with Crippen molar-refractivity contribution < 1.29 is 9.32 Å². The van der Waals surface area contributed by atoms with Crippen LogP contribution < -0.4 is 5.32 Å². The van der Waals surface area contributed by atoms with Crippen molar-refractivity contribution in [1.29, 1.82) is 0 Å². The molecule has 0 saturated heterocycles. The monoisotopic (exact) mass is 351 g/mol. The molecule has 1 N–H and O–H groups in total. The van der Waals surface area contributed by atoms with E-state index in [0.29, 0.717) is 24.6 Å². The van der Waals surface area contributed by atoms with Crippen molar-refractivity contribution in [2.24, 2.45) is 0 Å². The van der Waals surface area contributed by atoms with E-state index in [1.807, 2.05) is 36.7 Å². The molecule has 0 aromatic carbocycles. The van der Waals surface area contributed by atoms with E-state index in [2.05, 4.69) is 20.6 Å². The van der Waals surface area contributed by atoms with Crippen molar-refractivity contribution in [3.63, 3.8) is 0 Å². The molecule has 3 aromatic heterocycles. The number of carbonyl (C=O) groups is 1. The molecule has 0 aliphatic heterocycles. The summed E-state index contributed by atoms with van der Waals surface area (Å²) in [7, 11) is 0. The third-order valence-electron chi connectivity index (χ3n) is 4.71. The zero-order valence-corrected chi connectivity index (χ0v) is 14.9. The molecule has 1 aliphatic carbocycles. The molecule has 0 radical (unpaired) electrons. The molecular formula is C19H21N5O2. The number of rotatable bonds is 6. The molecule has 1 fully saturated rings. The lowest BCUT2D eigenvalue weighted by atomic mass is 10.1. The Hall–Kier alpha value is -2.96. The highest BCUT2D eigenvalue weighted by Gasteiger charge is 2.28. The van der Waals surface area contributed by atoms with Crippen LogP contribution in [0, 0.1) is 13.8 Å². The summed E-state index contributed by atoms with van der Waals surface area (Å²) in [6.45, 7) is 4.51. The number of hydrogen-bond acceptors (Lipinski definition) is 5. The first-order valence-corrected chi connectivity index (χ1v) is 8.85. The highest BCUT2D eigenvalue weighted by atomic mass is 16.5. The van der Waals surface area contributed by atoms with Crippen LogP contribution in [0.5, 0.6) is 0 Å². The summed E-state index contributed by atoms with van der Waals surface area (Å²) in [6.07, 6.45) is 4.69. The Morgan fingerprint density at radius 1 is 1.35 bits per heavy atom. The summed E-state index contributed by atoms with van der Waals surface area (Å²) in [5, 5.41) is 11.4. The smallest absolute Gasteiger partial charge is 0.273 e. The average Bonchev–Trinajstić information content (AvgIpc) is 3.32. The van der Waals surface area contributed by atoms with Crippen molar-refractivity contribution in [2.45, 2.75) is 39.0 Å². The zero-order chi connectivity index (χ0) is 18.1. The van der Waals surface area contributed by atoms with E-state index in [1.54, 1.807) is 12.3 Å². The molecule has 26 heavy (non-hydrogen) atoms. The van der Waals surface area contributed by atoms with Crippen LogP contribution in [0.15, 0.2) is 35.0 Å². The van der Waals surface area contributed by atoms with Crippen LogP contribution in [-0.2, 0) is 6.42 Å². The molecule has 3 aromatic rings. The summed E-state index contributed by atoms with van der Waals surface area (Å²) in [5.74, 6) is 1.86. The van der Waals surface area contributed by atoms with Gasteiger partial charge in [0.25, 0.3) is 5.91 Å². The largest absolute Gasteiger partial charge is 0.360 e. The lowest BCUT2D eigenvalue weighted by molar-refractivity contribution is 0.0945. The van der Waals surface area contributed by atoms with Gasteiger partial charge in [0.05, 0.1) is 5.69 Å². The summed E-state index contributed by atoms with van der Waals surface area (Å²) >= 11 is 0. The van der Waals surface area contributed by atoms with Crippen LogP contribution in [0.3, 0.4) is 0 Å². The molecule has 4 rings (SSSR count). The van der Waals surface area contributed by atoms with Gasteiger partial charge in [-0.05, 0) is 50.8 Å². The maximum absolute atomic E-state index is 12.2.